The van der Waals surface area contributed by atoms with E-state index < -0.39 is 18.2 Å². The molecule has 11 nitrogen and oxygen atoms in total. The molecule has 2 aromatic heterocycles. The molecule has 46 heavy (non-hydrogen) atoms. The van der Waals surface area contributed by atoms with Crippen molar-refractivity contribution in [1.82, 2.24) is 30.8 Å². The van der Waals surface area contributed by atoms with E-state index in [0.29, 0.717) is 32.2 Å². The van der Waals surface area contributed by atoms with Crippen LogP contribution in [0.1, 0.15) is 41.0 Å². The number of aliphatic hydroxyl groups excluding tert-OH is 1. The first-order chi connectivity index (χ1) is 22.4. The van der Waals surface area contributed by atoms with E-state index in [1.54, 1.807) is 24.3 Å². The Morgan fingerprint density at radius 1 is 0.891 bits per heavy atom. The fourth-order valence-electron chi connectivity index (χ4n) is 4.90. The number of carbonyl (C=O) groups excluding carboxylic acids is 3. The van der Waals surface area contributed by atoms with Crippen molar-refractivity contribution in [3.05, 3.63) is 105 Å². The van der Waals surface area contributed by atoms with Crippen molar-refractivity contribution in [2.24, 2.45) is 0 Å². The number of aromatic nitrogens is 2. The first-order valence-electron chi connectivity index (χ1n) is 15.1. The zero-order valence-corrected chi connectivity index (χ0v) is 27.3. The summed E-state index contributed by atoms with van der Waals surface area (Å²) in [6, 6.07) is 17.7. The average Bonchev–Trinajstić information content (AvgIpc) is 3.78. The number of benzene rings is 2. The minimum atomic E-state index is -0.936. The second-order valence-corrected chi connectivity index (χ2v) is 12.6. The molecular weight excluding hydrogens is 625 g/mol. The lowest BCUT2D eigenvalue weighted by Crippen LogP contribution is -2.53. The second-order valence-electron chi connectivity index (χ2n) is 10.9. The van der Waals surface area contributed by atoms with E-state index in [0.717, 1.165) is 21.7 Å². The standard InChI is InChI=1S/C33H40N6O5S2/c1-39(19-28-21-45-23-35-28)32(42)38-30(14-15-40)31(41)36-26(16-24-8-4-2-5-9-24)12-13-27(17-25-10-6-3-7-11-25)37-33(43)44-20-29-18-34-22-46-29/h2-11,18,21-23,26-27,30,40H,12-17,19-20H2,1H3,(H,36,41)(H,37,43)(H,38,42)/t26-,27-,30+/m1/s1. The first kappa shape index (κ1) is 34.5. The van der Waals surface area contributed by atoms with Crippen molar-refractivity contribution in [2.75, 3.05) is 13.7 Å². The van der Waals surface area contributed by atoms with Crippen molar-refractivity contribution < 1.29 is 24.2 Å². The van der Waals surface area contributed by atoms with Gasteiger partial charge in [-0.1, -0.05) is 60.7 Å². The Labute approximate surface area is 277 Å². The number of nitrogens with zero attached hydrogens (tertiary/aromatic N) is 3. The number of alkyl carbamates (subject to hydrolysis) is 1. The third-order valence-electron chi connectivity index (χ3n) is 7.27. The van der Waals surface area contributed by atoms with Crippen LogP contribution in [0.4, 0.5) is 9.59 Å². The summed E-state index contributed by atoms with van der Waals surface area (Å²) in [7, 11) is 1.63. The van der Waals surface area contributed by atoms with Crippen molar-refractivity contribution >= 4 is 40.7 Å². The fraction of sp³-hybridized carbons (Fsp3) is 0.364. The Bertz CT molecular complexity index is 1460. The van der Waals surface area contributed by atoms with Crippen LogP contribution >= 0.6 is 22.7 Å². The number of hydrogen-bond acceptors (Lipinski definition) is 9. The third kappa shape index (κ3) is 11.9. The van der Waals surface area contributed by atoms with Crippen LogP contribution in [0.15, 0.2) is 83.3 Å². The highest BCUT2D eigenvalue weighted by atomic mass is 32.1. The second kappa shape index (κ2) is 18.6. The number of aliphatic hydroxyl groups is 1. The minimum absolute atomic E-state index is 0.0595. The summed E-state index contributed by atoms with van der Waals surface area (Å²) in [5.41, 5.74) is 6.23. The SMILES string of the molecule is CN(Cc1cscn1)C(=O)N[C@@H](CCO)C(=O)N[C@H](CC[C@H](Cc1ccccc1)NC(=O)OCc1cncs1)Cc1ccccc1. The molecule has 13 heteroatoms. The predicted octanol–water partition coefficient (Wildman–Crippen LogP) is 4.54. The van der Waals surface area contributed by atoms with E-state index in [1.807, 2.05) is 66.0 Å². The van der Waals surface area contributed by atoms with Gasteiger partial charge in [0.2, 0.25) is 5.91 Å². The molecule has 0 spiro atoms. The summed E-state index contributed by atoms with van der Waals surface area (Å²) in [4.78, 5) is 49.8. The Balaban J connectivity index is 1.42. The molecule has 0 aliphatic heterocycles. The molecule has 4 N–H and O–H groups in total. The van der Waals surface area contributed by atoms with E-state index in [1.165, 1.54) is 27.6 Å². The van der Waals surface area contributed by atoms with Crippen LogP contribution < -0.4 is 16.0 Å². The molecular formula is C33H40N6O5S2. The lowest BCUT2D eigenvalue weighted by molar-refractivity contribution is -0.124. The molecule has 4 amide bonds. The highest BCUT2D eigenvalue weighted by Gasteiger charge is 2.26. The Morgan fingerprint density at radius 2 is 1.54 bits per heavy atom. The van der Waals surface area contributed by atoms with E-state index in [2.05, 4.69) is 25.9 Å². The maximum Gasteiger partial charge on any atom is 0.407 e. The number of nitrogens with one attached hydrogen (secondary N) is 3. The van der Waals surface area contributed by atoms with Gasteiger partial charge in [0.05, 0.1) is 28.1 Å². The zero-order chi connectivity index (χ0) is 32.6. The maximum absolute atomic E-state index is 13.6. The van der Waals surface area contributed by atoms with Gasteiger partial charge in [-0.3, -0.25) is 9.78 Å². The van der Waals surface area contributed by atoms with Gasteiger partial charge in [0.25, 0.3) is 0 Å². The molecule has 4 rings (SSSR count). The molecule has 3 atom stereocenters. The van der Waals surface area contributed by atoms with Gasteiger partial charge in [0.1, 0.15) is 12.6 Å². The summed E-state index contributed by atoms with van der Waals surface area (Å²) in [5, 5.41) is 20.5. The van der Waals surface area contributed by atoms with E-state index in [-0.39, 0.29) is 37.6 Å². The van der Waals surface area contributed by atoms with E-state index in [4.69, 9.17) is 4.74 Å². The molecule has 0 fully saturated rings. The predicted molar refractivity (Wildman–Crippen MR) is 178 cm³/mol. The van der Waals surface area contributed by atoms with Crippen LogP contribution in [0.25, 0.3) is 0 Å². The van der Waals surface area contributed by atoms with Gasteiger partial charge in [-0.25, -0.2) is 14.6 Å². The number of amides is 4. The van der Waals surface area contributed by atoms with Crippen LogP contribution in [0.5, 0.6) is 0 Å². The summed E-state index contributed by atoms with van der Waals surface area (Å²) in [6.45, 7) is 0.157. The van der Waals surface area contributed by atoms with Crippen LogP contribution in [-0.2, 0) is 35.5 Å². The van der Waals surface area contributed by atoms with Crippen molar-refractivity contribution in [2.45, 2.75) is 63.4 Å². The molecule has 0 radical (unpaired) electrons. The molecule has 0 bridgehead atoms. The Morgan fingerprint density at radius 3 is 2.11 bits per heavy atom. The van der Waals surface area contributed by atoms with Crippen LogP contribution in [0.3, 0.4) is 0 Å². The largest absolute Gasteiger partial charge is 0.444 e. The van der Waals surface area contributed by atoms with Gasteiger partial charge in [0, 0.05) is 37.3 Å². The number of hydrogen-bond donors (Lipinski definition) is 4. The number of ether oxygens (including phenoxy) is 1. The molecule has 0 unspecified atom stereocenters. The summed E-state index contributed by atoms with van der Waals surface area (Å²) in [5.74, 6) is -0.387. The van der Waals surface area contributed by atoms with Crippen molar-refractivity contribution in [3.8, 4) is 0 Å². The smallest absolute Gasteiger partial charge is 0.407 e. The van der Waals surface area contributed by atoms with Gasteiger partial charge in [0.15, 0.2) is 0 Å². The first-order valence-corrected chi connectivity index (χ1v) is 16.9. The van der Waals surface area contributed by atoms with E-state index in [9.17, 15) is 19.5 Å². The van der Waals surface area contributed by atoms with Crippen molar-refractivity contribution in [3.63, 3.8) is 0 Å². The summed E-state index contributed by atoms with van der Waals surface area (Å²) < 4.78 is 5.45. The number of carbonyl (C=O) groups is 3. The van der Waals surface area contributed by atoms with E-state index >= 15 is 0 Å². The number of thiazole rings is 2. The summed E-state index contributed by atoms with van der Waals surface area (Å²) in [6.07, 6.45) is 3.42. The third-order valence-corrected chi connectivity index (χ3v) is 8.66. The van der Waals surface area contributed by atoms with Gasteiger partial charge in [-0.05, 0) is 43.2 Å². The van der Waals surface area contributed by atoms with Gasteiger partial charge in [-0.2, -0.15) is 0 Å². The molecule has 0 aliphatic carbocycles. The highest BCUT2D eigenvalue weighted by molar-refractivity contribution is 7.09. The molecule has 244 valence electrons. The molecule has 0 saturated heterocycles. The van der Waals surface area contributed by atoms with Gasteiger partial charge >= 0.3 is 12.1 Å². The quantitative estimate of drug-likeness (QED) is 0.130. The molecule has 0 aliphatic rings. The zero-order valence-electron chi connectivity index (χ0n) is 25.7. The molecule has 4 aromatic rings. The summed E-state index contributed by atoms with van der Waals surface area (Å²) >= 11 is 2.86. The van der Waals surface area contributed by atoms with Crippen LogP contribution in [0.2, 0.25) is 0 Å². The maximum atomic E-state index is 13.6. The fourth-order valence-corrected chi connectivity index (χ4v) is 5.95. The minimum Gasteiger partial charge on any atom is -0.444 e. The molecule has 2 heterocycles. The van der Waals surface area contributed by atoms with Crippen LogP contribution in [-0.4, -0.2) is 69.8 Å². The number of urea groups is 1. The average molecular weight is 665 g/mol. The highest BCUT2D eigenvalue weighted by Crippen LogP contribution is 2.15. The Kier molecular flexibility index (Phi) is 14.0. The monoisotopic (exact) mass is 664 g/mol. The number of rotatable bonds is 17. The molecule has 2 aromatic carbocycles. The lowest BCUT2D eigenvalue weighted by atomic mass is 9.95. The van der Waals surface area contributed by atoms with Crippen molar-refractivity contribution in [1.29, 1.82) is 0 Å². The van der Waals surface area contributed by atoms with Gasteiger partial charge < -0.3 is 30.7 Å². The van der Waals surface area contributed by atoms with Gasteiger partial charge in [-0.15, -0.1) is 22.7 Å². The normalized spacial score (nSPS) is 12.8. The topological polar surface area (TPSA) is 146 Å². The Hall–Kier alpha value is -4.33. The lowest BCUT2D eigenvalue weighted by Gasteiger charge is -2.27. The molecule has 0 saturated carbocycles. The van der Waals surface area contributed by atoms with Crippen LogP contribution in [0, 0.1) is 0 Å².